The quantitative estimate of drug-likeness (QED) is 0.334. The molecular formula is C10H16N2O7. The highest BCUT2D eigenvalue weighted by atomic mass is 16.6. The van der Waals surface area contributed by atoms with Crippen LogP contribution >= 0.6 is 0 Å². The van der Waals surface area contributed by atoms with Gasteiger partial charge in [0.2, 0.25) is 6.04 Å². The molecule has 0 saturated carbocycles. The Morgan fingerprint density at radius 3 is 2.89 bits per heavy atom. The lowest BCUT2D eigenvalue weighted by atomic mass is 10.0. The second-order valence-corrected chi connectivity index (χ2v) is 4.00. The maximum absolute atomic E-state index is 11.1. The molecule has 0 spiro atoms. The van der Waals surface area contributed by atoms with Gasteiger partial charge in [0.25, 0.3) is 0 Å². The van der Waals surface area contributed by atoms with Crippen molar-refractivity contribution in [3.05, 3.63) is 22.8 Å². The van der Waals surface area contributed by atoms with Gasteiger partial charge in [-0.1, -0.05) is 12.7 Å². The van der Waals surface area contributed by atoms with Gasteiger partial charge in [0.05, 0.1) is 6.10 Å². The van der Waals surface area contributed by atoms with Crippen LogP contribution in [0.2, 0.25) is 0 Å². The SMILES string of the molecule is C=CCOC(=O)NCC1CC([N+](=O)[O-])C(O)[C@H](O)O1. The Kier molecular flexibility index (Phi) is 5.67. The van der Waals surface area contributed by atoms with Crippen LogP contribution in [0.5, 0.6) is 0 Å². The molecule has 1 aliphatic rings. The van der Waals surface area contributed by atoms with Crippen molar-refractivity contribution in [3.8, 4) is 0 Å². The number of amides is 1. The number of carbonyl (C=O) groups excluding carboxylic acids is 1. The molecule has 1 fully saturated rings. The highest BCUT2D eigenvalue weighted by molar-refractivity contribution is 5.67. The average molecular weight is 276 g/mol. The van der Waals surface area contributed by atoms with Gasteiger partial charge in [-0.15, -0.1) is 0 Å². The van der Waals surface area contributed by atoms with Crippen LogP contribution in [0.15, 0.2) is 12.7 Å². The fourth-order valence-electron chi connectivity index (χ4n) is 1.66. The first-order chi connectivity index (χ1) is 8.95. The van der Waals surface area contributed by atoms with Gasteiger partial charge in [0.15, 0.2) is 12.4 Å². The number of hydrogen-bond acceptors (Lipinski definition) is 7. The summed E-state index contributed by atoms with van der Waals surface area (Å²) in [6.07, 6.45) is -3.46. The molecule has 3 N–H and O–H groups in total. The topological polar surface area (TPSA) is 131 Å². The second kappa shape index (κ2) is 7.02. The van der Waals surface area contributed by atoms with E-state index in [1.165, 1.54) is 6.08 Å². The van der Waals surface area contributed by atoms with E-state index in [0.717, 1.165) is 0 Å². The summed E-state index contributed by atoms with van der Waals surface area (Å²) in [5.74, 6) is 0. The lowest BCUT2D eigenvalue weighted by Crippen LogP contribution is -2.53. The molecule has 1 aliphatic heterocycles. The molecule has 0 radical (unpaired) electrons. The summed E-state index contributed by atoms with van der Waals surface area (Å²) in [6.45, 7) is 3.34. The predicted molar refractivity (Wildman–Crippen MR) is 61.8 cm³/mol. The van der Waals surface area contributed by atoms with Gasteiger partial charge in [-0.2, -0.15) is 0 Å². The molecular weight excluding hydrogens is 260 g/mol. The van der Waals surface area contributed by atoms with Crippen LogP contribution in [0, 0.1) is 10.1 Å². The van der Waals surface area contributed by atoms with Crippen molar-refractivity contribution in [1.82, 2.24) is 5.32 Å². The van der Waals surface area contributed by atoms with E-state index in [9.17, 15) is 25.1 Å². The van der Waals surface area contributed by atoms with Crippen molar-refractivity contribution in [2.24, 2.45) is 0 Å². The van der Waals surface area contributed by atoms with Gasteiger partial charge in [-0.3, -0.25) is 10.1 Å². The number of alkyl carbamates (subject to hydrolysis) is 1. The molecule has 9 heteroatoms. The van der Waals surface area contributed by atoms with Gasteiger partial charge in [-0.05, 0) is 0 Å². The lowest BCUT2D eigenvalue weighted by Gasteiger charge is -2.32. The Balaban J connectivity index is 2.44. The van der Waals surface area contributed by atoms with Gasteiger partial charge >= 0.3 is 6.09 Å². The standard InChI is InChI=1S/C10H16N2O7/c1-2-3-18-10(15)11-5-6-4-7(12(16)17)8(13)9(14)19-6/h2,6-9,13-14H,1,3-5H2,(H,11,15)/t6?,7?,8?,9-/m1/s1. The number of aliphatic hydroxyl groups is 2. The number of carbonyl (C=O) groups is 1. The molecule has 0 aromatic rings. The molecule has 3 unspecified atom stereocenters. The zero-order valence-corrected chi connectivity index (χ0v) is 10.1. The molecule has 4 atom stereocenters. The summed E-state index contributed by atoms with van der Waals surface area (Å²) >= 11 is 0. The summed E-state index contributed by atoms with van der Waals surface area (Å²) < 4.78 is 9.58. The zero-order chi connectivity index (χ0) is 14.4. The molecule has 0 aliphatic carbocycles. The third kappa shape index (κ3) is 4.47. The summed E-state index contributed by atoms with van der Waals surface area (Å²) in [5, 5.41) is 31.7. The van der Waals surface area contributed by atoms with Crippen LogP contribution in [0.1, 0.15) is 6.42 Å². The first kappa shape index (κ1) is 15.3. The van der Waals surface area contributed by atoms with E-state index in [0.29, 0.717) is 0 Å². The molecule has 1 saturated heterocycles. The minimum Gasteiger partial charge on any atom is -0.445 e. The maximum Gasteiger partial charge on any atom is 0.407 e. The summed E-state index contributed by atoms with van der Waals surface area (Å²) in [4.78, 5) is 21.1. The van der Waals surface area contributed by atoms with Gasteiger partial charge in [0, 0.05) is 17.9 Å². The predicted octanol–water partition coefficient (Wildman–Crippen LogP) is -0.988. The Bertz CT molecular complexity index is 349. The Labute approximate surface area is 109 Å². The van der Waals surface area contributed by atoms with E-state index < -0.39 is 35.6 Å². The van der Waals surface area contributed by atoms with Crippen LogP contribution in [0.3, 0.4) is 0 Å². The first-order valence-electron chi connectivity index (χ1n) is 5.62. The third-order valence-electron chi connectivity index (χ3n) is 2.60. The van der Waals surface area contributed by atoms with E-state index in [4.69, 9.17) is 4.74 Å². The molecule has 19 heavy (non-hydrogen) atoms. The smallest absolute Gasteiger partial charge is 0.407 e. The van der Waals surface area contributed by atoms with Gasteiger partial charge in [-0.25, -0.2) is 4.79 Å². The number of hydrogen-bond donors (Lipinski definition) is 3. The van der Waals surface area contributed by atoms with Crippen molar-refractivity contribution in [1.29, 1.82) is 0 Å². The van der Waals surface area contributed by atoms with Crippen molar-refractivity contribution in [3.63, 3.8) is 0 Å². The van der Waals surface area contributed by atoms with E-state index in [2.05, 4.69) is 16.6 Å². The Hall–Kier alpha value is -1.71. The van der Waals surface area contributed by atoms with Crippen LogP contribution in [-0.4, -0.2) is 58.9 Å². The zero-order valence-electron chi connectivity index (χ0n) is 10.1. The fraction of sp³-hybridized carbons (Fsp3) is 0.700. The Morgan fingerprint density at radius 1 is 1.63 bits per heavy atom. The van der Waals surface area contributed by atoms with Crippen molar-refractivity contribution in [2.75, 3.05) is 13.2 Å². The van der Waals surface area contributed by atoms with Crippen molar-refractivity contribution in [2.45, 2.75) is 31.0 Å². The van der Waals surface area contributed by atoms with E-state index >= 15 is 0 Å². The largest absolute Gasteiger partial charge is 0.445 e. The highest BCUT2D eigenvalue weighted by Crippen LogP contribution is 2.20. The third-order valence-corrected chi connectivity index (χ3v) is 2.60. The number of ether oxygens (including phenoxy) is 2. The summed E-state index contributed by atoms with van der Waals surface area (Å²) in [6, 6.07) is -1.33. The maximum atomic E-state index is 11.1. The van der Waals surface area contributed by atoms with Crippen LogP contribution in [-0.2, 0) is 9.47 Å². The number of nitrogens with one attached hydrogen (secondary N) is 1. The molecule has 0 bridgehead atoms. The van der Waals surface area contributed by atoms with Gasteiger partial charge < -0.3 is 25.0 Å². The monoisotopic (exact) mass is 276 g/mol. The van der Waals surface area contributed by atoms with Crippen LogP contribution < -0.4 is 5.32 Å². The lowest BCUT2D eigenvalue weighted by molar-refractivity contribution is -0.550. The van der Waals surface area contributed by atoms with Crippen LogP contribution in [0.4, 0.5) is 4.79 Å². The molecule has 1 rings (SSSR count). The highest BCUT2D eigenvalue weighted by Gasteiger charge is 2.43. The molecule has 1 heterocycles. The van der Waals surface area contributed by atoms with Crippen molar-refractivity contribution >= 4 is 6.09 Å². The Morgan fingerprint density at radius 2 is 2.32 bits per heavy atom. The molecule has 1 amide bonds. The minimum absolute atomic E-state index is 0.0379. The normalized spacial score (nSPS) is 30.4. The molecule has 108 valence electrons. The summed E-state index contributed by atoms with van der Waals surface area (Å²) in [7, 11) is 0. The molecule has 0 aromatic carbocycles. The summed E-state index contributed by atoms with van der Waals surface area (Å²) in [5.41, 5.74) is 0. The van der Waals surface area contributed by atoms with E-state index in [1.807, 2.05) is 0 Å². The average Bonchev–Trinajstić information content (AvgIpc) is 2.37. The number of aliphatic hydroxyl groups excluding tert-OH is 2. The number of nitrogens with zero attached hydrogens (tertiary/aromatic N) is 1. The molecule has 9 nitrogen and oxygen atoms in total. The molecule has 0 aromatic heterocycles. The number of nitro groups is 1. The van der Waals surface area contributed by atoms with Crippen molar-refractivity contribution < 1.29 is 29.4 Å². The fourth-order valence-corrected chi connectivity index (χ4v) is 1.66. The van der Waals surface area contributed by atoms with E-state index in [1.54, 1.807) is 0 Å². The second-order valence-electron chi connectivity index (χ2n) is 4.00. The van der Waals surface area contributed by atoms with Gasteiger partial charge in [0.1, 0.15) is 6.61 Å². The van der Waals surface area contributed by atoms with E-state index in [-0.39, 0.29) is 19.6 Å². The van der Waals surface area contributed by atoms with Crippen LogP contribution in [0.25, 0.3) is 0 Å². The first-order valence-corrected chi connectivity index (χ1v) is 5.62. The number of rotatable bonds is 5. The minimum atomic E-state index is -1.65.